The minimum Gasteiger partial charge on any atom is -0.407 e. The van der Waals surface area contributed by atoms with Gasteiger partial charge in [0, 0.05) is 0 Å². The van der Waals surface area contributed by atoms with Crippen molar-refractivity contribution in [2.24, 2.45) is 5.73 Å². The van der Waals surface area contributed by atoms with E-state index in [0.29, 0.717) is 12.4 Å². The van der Waals surface area contributed by atoms with Crippen LogP contribution in [-0.2, 0) is 11.3 Å². The third kappa shape index (κ3) is 3.08. The van der Waals surface area contributed by atoms with Crippen LogP contribution in [0, 0.1) is 0 Å². The van der Waals surface area contributed by atoms with E-state index < -0.39 is 5.91 Å². The maximum absolute atomic E-state index is 10.4. The molecule has 72 valence electrons. The van der Waals surface area contributed by atoms with Gasteiger partial charge < -0.3 is 20.8 Å². The second-order valence-corrected chi connectivity index (χ2v) is 2.35. The minimum absolute atomic E-state index is 0.0127. The lowest BCUT2D eigenvalue weighted by molar-refractivity contribution is -0.116. The molecule has 7 heteroatoms. The van der Waals surface area contributed by atoms with Crippen molar-refractivity contribution in [2.75, 3.05) is 18.9 Å². The summed E-state index contributed by atoms with van der Waals surface area (Å²) in [6, 6.07) is 0.198. The maximum Gasteiger partial charge on any atom is 0.315 e. The number of nitrogens with two attached hydrogens (primary N) is 1. The largest absolute Gasteiger partial charge is 0.407 e. The van der Waals surface area contributed by atoms with Crippen molar-refractivity contribution in [3.05, 3.63) is 5.89 Å². The lowest BCUT2D eigenvalue weighted by Gasteiger charge is -1.94. The molecule has 1 rings (SSSR count). The molecule has 0 radical (unpaired) electrons. The fraction of sp³-hybridized carbons (Fsp3) is 0.500. The van der Waals surface area contributed by atoms with Crippen molar-refractivity contribution in [3.63, 3.8) is 0 Å². The summed E-state index contributed by atoms with van der Waals surface area (Å²) in [4.78, 5) is 10.4. The van der Waals surface area contributed by atoms with Gasteiger partial charge in [0.05, 0.1) is 13.1 Å². The molecule has 0 aliphatic heterocycles. The second-order valence-electron chi connectivity index (χ2n) is 2.35. The van der Waals surface area contributed by atoms with Crippen LogP contribution >= 0.6 is 0 Å². The van der Waals surface area contributed by atoms with Gasteiger partial charge in [-0.15, -0.1) is 5.10 Å². The quantitative estimate of drug-likeness (QED) is 0.525. The van der Waals surface area contributed by atoms with Crippen molar-refractivity contribution in [1.82, 2.24) is 15.5 Å². The number of carbonyl (C=O) groups excluding carboxylic acids is 1. The molecule has 4 N–H and O–H groups in total. The first kappa shape index (κ1) is 9.46. The summed E-state index contributed by atoms with van der Waals surface area (Å²) in [5.74, 6) is -0.0252. The summed E-state index contributed by atoms with van der Waals surface area (Å²) in [5.41, 5.74) is 4.90. The fourth-order valence-corrected chi connectivity index (χ4v) is 0.710. The van der Waals surface area contributed by atoms with E-state index in [1.165, 1.54) is 0 Å². The Kier molecular flexibility index (Phi) is 3.21. The lowest BCUT2D eigenvalue weighted by Crippen LogP contribution is -2.21. The topological polar surface area (TPSA) is 106 Å². The molecular formula is C6H11N5O2. The van der Waals surface area contributed by atoms with Crippen LogP contribution in [0.2, 0.25) is 0 Å². The van der Waals surface area contributed by atoms with Crippen molar-refractivity contribution in [1.29, 1.82) is 0 Å². The zero-order valence-electron chi connectivity index (χ0n) is 7.20. The van der Waals surface area contributed by atoms with Crippen LogP contribution in [0.15, 0.2) is 4.42 Å². The monoisotopic (exact) mass is 185 g/mol. The molecular weight excluding hydrogens is 174 g/mol. The van der Waals surface area contributed by atoms with E-state index in [9.17, 15) is 4.79 Å². The van der Waals surface area contributed by atoms with Gasteiger partial charge in [-0.2, -0.15) is 0 Å². The normalized spacial score (nSPS) is 9.92. The third-order valence-corrected chi connectivity index (χ3v) is 1.21. The smallest absolute Gasteiger partial charge is 0.315 e. The van der Waals surface area contributed by atoms with Crippen LogP contribution in [0.4, 0.5) is 6.01 Å². The molecule has 13 heavy (non-hydrogen) atoms. The van der Waals surface area contributed by atoms with Crippen LogP contribution in [0.3, 0.4) is 0 Å². The molecule has 0 aliphatic rings. The summed E-state index contributed by atoms with van der Waals surface area (Å²) in [5, 5.41) is 12.7. The first-order valence-electron chi connectivity index (χ1n) is 3.71. The summed E-state index contributed by atoms with van der Waals surface area (Å²) < 4.78 is 5.07. The molecule has 0 spiro atoms. The molecule has 0 bridgehead atoms. The molecule has 1 heterocycles. The number of primary amides is 1. The van der Waals surface area contributed by atoms with E-state index in [0.717, 1.165) is 0 Å². The molecule has 0 fully saturated rings. The van der Waals surface area contributed by atoms with Gasteiger partial charge in [0.2, 0.25) is 11.8 Å². The van der Waals surface area contributed by atoms with Gasteiger partial charge in [0.25, 0.3) is 0 Å². The summed E-state index contributed by atoms with van der Waals surface area (Å²) >= 11 is 0. The van der Waals surface area contributed by atoms with Gasteiger partial charge in [-0.05, 0) is 7.05 Å². The molecule has 1 aromatic heterocycles. The SMILES string of the molecule is CNCc1nnc(NCC(N)=O)o1. The van der Waals surface area contributed by atoms with Crippen molar-refractivity contribution in [2.45, 2.75) is 6.54 Å². The highest BCUT2D eigenvalue weighted by molar-refractivity contribution is 5.78. The summed E-state index contributed by atoms with van der Waals surface area (Å²) in [7, 11) is 1.76. The van der Waals surface area contributed by atoms with E-state index in [1.807, 2.05) is 0 Å². The van der Waals surface area contributed by atoms with Gasteiger partial charge in [-0.25, -0.2) is 0 Å². The maximum atomic E-state index is 10.4. The molecule has 0 saturated heterocycles. The van der Waals surface area contributed by atoms with Crippen molar-refractivity contribution < 1.29 is 9.21 Å². The highest BCUT2D eigenvalue weighted by Gasteiger charge is 2.04. The average molecular weight is 185 g/mol. The molecule has 0 aromatic carbocycles. The summed E-state index contributed by atoms with van der Waals surface area (Å²) in [6.07, 6.45) is 0. The zero-order valence-corrected chi connectivity index (χ0v) is 7.20. The van der Waals surface area contributed by atoms with E-state index in [4.69, 9.17) is 10.2 Å². The second kappa shape index (κ2) is 4.41. The Morgan fingerprint density at radius 2 is 2.38 bits per heavy atom. The number of rotatable bonds is 5. The number of nitrogens with zero attached hydrogens (tertiary/aromatic N) is 2. The molecule has 0 aliphatic carbocycles. The number of carbonyl (C=O) groups is 1. The van der Waals surface area contributed by atoms with Gasteiger partial charge in [-0.1, -0.05) is 5.10 Å². The van der Waals surface area contributed by atoms with E-state index in [-0.39, 0.29) is 12.6 Å². The van der Waals surface area contributed by atoms with Gasteiger partial charge in [0.15, 0.2) is 0 Å². The first-order chi connectivity index (χ1) is 6.22. The molecule has 0 saturated carbocycles. The average Bonchev–Trinajstić information content (AvgIpc) is 2.50. The third-order valence-electron chi connectivity index (χ3n) is 1.21. The van der Waals surface area contributed by atoms with Crippen LogP contribution < -0.4 is 16.4 Å². The van der Waals surface area contributed by atoms with E-state index in [1.54, 1.807) is 7.05 Å². The number of aromatic nitrogens is 2. The Labute approximate surface area is 74.7 Å². The Balaban J connectivity index is 2.44. The predicted molar refractivity (Wildman–Crippen MR) is 44.7 cm³/mol. The van der Waals surface area contributed by atoms with Crippen LogP contribution in [0.25, 0.3) is 0 Å². The Morgan fingerprint density at radius 3 is 3.00 bits per heavy atom. The van der Waals surface area contributed by atoms with Crippen molar-refractivity contribution in [3.8, 4) is 0 Å². The Morgan fingerprint density at radius 1 is 1.62 bits per heavy atom. The molecule has 7 nitrogen and oxygen atoms in total. The number of anilines is 1. The number of hydrogen-bond acceptors (Lipinski definition) is 6. The van der Waals surface area contributed by atoms with E-state index >= 15 is 0 Å². The van der Waals surface area contributed by atoms with Gasteiger partial charge in [0.1, 0.15) is 0 Å². The summed E-state index contributed by atoms with van der Waals surface area (Å²) in [6.45, 7) is 0.479. The highest BCUT2D eigenvalue weighted by Crippen LogP contribution is 2.03. The number of hydrogen-bond donors (Lipinski definition) is 3. The van der Waals surface area contributed by atoms with Gasteiger partial charge in [-0.3, -0.25) is 4.79 Å². The zero-order chi connectivity index (χ0) is 9.68. The van der Waals surface area contributed by atoms with Crippen molar-refractivity contribution >= 4 is 11.9 Å². The molecule has 1 aromatic rings. The number of nitrogens with one attached hydrogen (secondary N) is 2. The highest BCUT2D eigenvalue weighted by atomic mass is 16.4. The number of amides is 1. The first-order valence-corrected chi connectivity index (χ1v) is 3.71. The van der Waals surface area contributed by atoms with Crippen LogP contribution in [0.5, 0.6) is 0 Å². The lowest BCUT2D eigenvalue weighted by atomic mass is 10.6. The molecule has 0 atom stereocenters. The van der Waals surface area contributed by atoms with Crippen LogP contribution in [0.1, 0.15) is 5.89 Å². The Hall–Kier alpha value is -1.63. The molecule has 0 unspecified atom stereocenters. The fourth-order valence-electron chi connectivity index (χ4n) is 0.710. The van der Waals surface area contributed by atoms with Crippen LogP contribution in [-0.4, -0.2) is 29.7 Å². The standard InChI is InChI=1S/C6H11N5O2/c1-8-3-5-10-11-6(13-5)9-2-4(7)12/h8H,2-3H2,1H3,(H2,7,12)(H,9,11). The predicted octanol–water partition coefficient (Wildman–Crippen LogP) is -1.31. The van der Waals surface area contributed by atoms with E-state index in [2.05, 4.69) is 20.8 Å². The Bertz CT molecular complexity index is 284. The minimum atomic E-state index is -0.478. The van der Waals surface area contributed by atoms with Gasteiger partial charge >= 0.3 is 6.01 Å². The molecule has 1 amide bonds.